The van der Waals surface area contributed by atoms with E-state index in [4.69, 9.17) is 30.8 Å². The number of methoxy groups -OCH3 is 3. The van der Waals surface area contributed by atoms with E-state index in [-0.39, 0.29) is 11.5 Å². The molecule has 0 saturated heterocycles. The van der Waals surface area contributed by atoms with Crippen molar-refractivity contribution in [1.29, 1.82) is 0 Å². The first-order chi connectivity index (χ1) is 18.3. The van der Waals surface area contributed by atoms with Crippen LogP contribution in [-0.2, 0) is 4.79 Å². The predicted molar refractivity (Wildman–Crippen MR) is 149 cm³/mol. The number of allylic oxidation sites excluding steroid dienone is 1. The first-order valence-corrected chi connectivity index (χ1v) is 13.3. The fourth-order valence-electron chi connectivity index (χ4n) is 4.58. The molecule has 0 radical (unpaired) electrons. The topological polar surface area (TPSA) is 82.4 Å². The van der Waals surface area contributed by atoms with Gasteiger partial charge in [0.25, 0.3) is 11.5 Å². The molecule has 3 aromatic rings. The minimum absolute atomic E-state index is 0.183. The number of carbonyl (C=O) groups is 1. The molecule has 8 nitrogen and oxygen atoms in total. The van der Waals surface area contributed by atoms with Gasteiger partial charge in [0, 0.05) is 29.2 Å². The molecule has 0 bridgehead atoms. The van der Waals surface area contributed by atoms with Crippen LogP contribution in [0.3, 0.4) is 0 Å². The SMILES string of the molecule is CCN(CC)C(=O)C1=C(C)N=c2s/c(=C/c3cc(Cl)ccc3OC)c(=O)n2[C@H]1c1cc(OC)ccc1OC. The van der Waals surface area contributed by atoms with Crippen molar-refractivity contribution in [2.75, 3.05) is 34.4 Å². The van der Waals surface area contributed by atoms with Crippen molar-refractivity contribution >= 4 is 34.9 Å². The number of rotatable bonds is 8. The van der Waals surface area contributed by atoms with Crippen LogP contribution in [-0.4, -0.2) is 49.8 Å². The maximum atomic E-state index is 14.0. The molecule has 0 unspecified atom stereocenters. The minimum Gasteiger partial charge on any atom is -0.497 e. The first kappa shape index (κ1) is 27.5. The Morgan fingerprint density at radius 1 is 1.08 bits per heavy atom. The maximum absolute atomic E-state index is 14.0. The van der Waals surface area contributed by atoms with Gasteiger partial charge in [0.1, 0.15) is 23.3 Å². The molecular formula is C28H30ClN3O5S. The Kier molecular flexibility index (Phi) is 8.28. The number of hydrogen-bond acceptors (Lipinski definition) is 7. The van der Waals surface area contributed by atoms with Crippen molar-refractivity contribution < 1.29 is 19.0 Å². The van der Waals surface area contributed by atoms with Crippen LogP contribution in [0.2, 0.25) is 5.02 Å². The molecule has 0 fully saturated rings. The second-order valence-corrected chi connectivity index (χ2v) is 10.00. The average molecular weight is 556 g/mol. The lowest BCUT2D eigenvalue weighted by Crippen LogP contribution is -2.43. The molecule has 0 aliphatic carbocycles. The van der Waals surface area contributed by atoms with Crippen molar-refractivity contribution in [3.05, 3.63) is 83.5 Å². The zero-order valence-corrected chi connectivity index (χ0v) is 23.8. The average Bonchev–Trinajstić information content (AvgIpc) is 3.22. The lowest BCUT2D eigenvalue weighted by atomic mass is 9.93. The van der Waals surface area contributed by atoms with E-state index >= 15 is 0 Å². The predicted octanol–water partition coefficient (Wildman–Crippen LogP) is 3.78. The molecular weight excluding hydrogens is 526 g/mol. The number of nitrogens with zero attached hydrogens (tertiary/aromatic N) is 3. The highest BCUT2D eigenvalue weighted by atomic mass is 35.5. The fraction of sp³-hybridized carbons (Fsp3) is 0.321. The Hall–Kier alpha value is -3.56. The van der Waals surface area contributed by atoms with Crippen LogP contribution in [0.5, 0.6) is 17.2 Å². The standard InChI is InChI=1S/C28H30ClN3O5S/c1-7-31(8-2)27(34)24-16(3)30-28-32(25(24)20-15-19(35-4)10-12-22(20)37-6)26(33)23(38-28)14-17-13-18(29)9-11-21(17)36-5/h9-15,25H,7-8H2,1-6H3/b23-14+/t25-/m0/s1. The first-order valence-electron chi connectivity index (χ1n) is 12.1. The summed E-state index contributed by atoms with van der Waals surface area (Å²) >= 11 is 7.47. The summed E-state index contributed by atoms with van der Waals surface area (Å²) in [6.07, 6.45) is 1.74. The molecule has 2 aromatic carbocycles. The molecule has 1 aliphatic rings. The monoisotopic (exact) mass is 555 g/mol. The van der Waals surface area contributed by atoms with Crippen LogP contribution in [0.4, 0.5) is 0 Å². The quantitative estimate of drug-likeness (QED) is 0.422. The number of likely N-dealkylation sites (N-methyl/N-ethyl adjacent to an activating group) is 1. The van der Waals surface area contributed by atoms with Crippen LogP contribution in [0.25, 0.3) is 6.08 Å². The number of amides is 1. The van der Waals surface area contributed by atoms with E-state index in [0.29, 0.717) is 67.1 Å². The van der Waals surface area contributed by atoms with Crippen molar-refractivity contribution in [3.8, 4) is 17.2 Å². The van der Waals surface area contributed by atoms with Gasteiger partial charge in [-0.05, 0) is 63.2 Å². The van der Waals surface area contributed by atoms with Crippen LogP contribution in [0.1, 0.15) is 37.9 Å². The van der Waals surface area contributed by atoms with Gasteiger partial charge in [0.15, 0.2) is 4.80 Å². The van der Waals surface area contributed by atoms with Crippen LogP contribution >= 0.6 is 22.9 Å². The van der Waals surface area contributed by atoms with Gasteiger partial charge in [-0.2, -0.15) is 0 Å². The normalized spacial score (nSPS) is 15.1. The second kappa shape index (κ2) is 11.4. The zero-order valence-electron chi connectivity index (χ0n) is 22.2. The third-order valence-corrected chi connectivity index (χ3v) is 7.73. The second-order valence-electron chi connectivity index (χ2n) is 8.55. The highest BCUT2D eigenvalue weighted by Gasteiger charge is 2.36. The van der Waals surface area contributed by atoms with Gasteiger partial charge in [-0.25, -0.2) is 4.99 Å². The van der Waals surface area contributed by atoms with Gasteiger partial charge in [-0.3, -0.25) is 14.2 Å². The highest BCUT2D eigenvalue weighted by molar-refractivity contribution is 7.07. The number of aromatic nitrogens is 1. The Bertz CT molecular complexity index is 1590. The molecule has 200 valence electrons. The van der Waals surface area contributed by atoms with Gasteiger partial charge < -0.3 is 19.1 Å². The van der Waals surface area contributed by atoms with E-state index in [2.05, 4.69) is 0 Å². The number of ether oxygens (including phenoxy) is 3. The molecule has 0 N–H and O–H groups in total. The Balaban J connectivity index is 2.05. The molecule has 1 aliphatic heterocycles. The van der Waals surface area contributed by atoms with Crippen LogP contribution in [0, 0.1) is 0 Å². The summed E-state index contributed by atoms with van der Waals surface area (Å²) in [6.45, 7) is 6.69. The van der Waals surface area contributed by atoms with E-state index in [9.17, 15) is 9.59 Å². The smallest absolute Gasteiger partial charge is 0.271 e. The van der Waals surface area contributed by atoms with Gasteiger partial charge in [0.05, 0.1) is 37.1 Å². The van der Waals surface area contributed by atoms with Crippen LogP contribution in [0.15, 0.2) is 57.5 Å². The largest absolute Gasteiger partial charge is 0.497 e. The zero-order chi connectivity index (χ0) is 27.6. The van der Waals surface area contributed by atoms with E-state index in [1.807, 2.05) is 13.8 Å². The van der Waals surface area contributed by atoms with Gasteiger partial charge in [-0.1, -0.05) is 22.9 Å². The minimum atomic E-state index is -0.771. The third-order valence-electron chi connectivity index (χ3n) is 6.51. The lowest BCUT2D eigenvalue weighted by molar-refractivity contribution is -0.127. The van der Waals surface area contributed by atoms with E-state index in [1.54, 1.807) is 80.2 Å². The summed E-state index contributed by atoms with van der Waals surface area (Å²) in [7, 11) is 4.69. The van der Waals surface area contributed by atoms with Crippen molar-refractivity contribution in [3.63, 3.8) is 0 Å². The summed E-state index contributed by atoms with van der Waals surface area (Å²) in [5.41, 5.74) is 1.97. The molecule has 10 heteroatoms. The molecule has 4 rings (SSSR count). The highest BCUT2D eigenvalue weighted by Crippen LogP contribution is 2.38. The molecule has 1 aromatic heterocycles. The molecule has 0 spiro atoms. The number of hydrogen-bond donors (Lipinski definition) is 0. The van der Waals surface area contributed by atoms with Gasteiger partial charge >= 0.3 is 0 Å². The van der Waals surface area contributed by atoms with E-state index in [0.717, 1.165) is 0 Å². The summed E-state index contributed by atoms with van der Waals surface area (Å²) < 4.78 is 18.6. The Morgan fingerprint density at radius 2 is 1.76 bits per heavy atom. The van der Waals surface area contributed by atoms with Gasteiger partial charge in [0.2, 0.25) is 0 Å². The molecule has 1 amide bonds. The maximum Gasteiger partial charge on any atom is 0.271 e. The van der Waals surface area contributed by atoms with Crippen LogP contribution < -0.4 is 29.1 Å². The summed E-state index contributed by atoms with van der Waals surface area (Å²) in [5, 5.41) is 0.520. The van der Waals surface area contributed by atoms with Gasteiger partial charge in [-0.15, -0.1) is 0 Å². The van der Waals surface area contributed by atoms with Crippen molar-refractivity contribution in [2.45, 2.75) is 26.8 Å². The van der Waals surface area contributed by atoms with Crippen molar-refractivity contribution in [2.24, 2.45) is 4.99 Å². The summed E-state index contributed by atoms with van der Waals surface area (Å²) in [6, 6.07) is 9.79. The number of carbonyl (C=O) groups excluding carboxylic acids is 1. The number of halogens is 1. The number of thiazole rings is 1. The number of benzene rings is 2. The number of fused-ring (bicyclic) bond motifs is 1. The fourth-order valence-corrected chi connectivity index (χ4v) is 5.80. The molecule has 0 saturated carbocycles. The Morgan fingerprint density at radius 3 is 2.39 bits per heavy atom. The van der Waals surface area contributed by atoms with Crippen molar-refractivity contribution in [1.82, 2.24) is 9.47 Å². The molecule has 38 heavy (non-hydrogen) atoms. The molecule has 2 heterocycles. The van der Waals surface area contributed by atoms with E-state index < -0.39 is 6.04 Å². The third kappa shape index (κ3) is 4.96. The van der Waals surface area contributed by atoms with E-state index in [1.165, 1.54) is 11.3 Å². The summed E-state index contributed by atoms with van der Waals surface area (Å²) in [4.78, 5) is 34.8. The summed E-state index contributed by atoms with van der Waals surface area (Å²) in [5.74, 6) is 1.51. The Labute approximate surface area is 230 Å². The lowest BCUT2D eigenvalue weighted by Gasteiger charge is -2.30. The molecule has 1 atom stereocenters.